The molecule has 0 radical (unpaired) electrons. The van der Waals surface area contributed by atoms with E-state index in [1.54, 1.807) is 0 Å². The summed E-state index contributed by atoms with van der Waals surface area (Å²) < 4.78 is 13.6. The summed E-state index contributed by atoms with van der Waals surface area (Å²) in [5, 5.41) is 2.90. The highest BCUT2D eigenvalue weighted by atomic mass is 32.1. The number of ether oxygens (including phenoxy) is 2. The molecule has 0 aliphatic heterocycles. The third kappa shape index (κ3) is 4.35. The zero-order chi connectivity index (χ0) is 20.2. The van der Waals surface area contributed by atoms with E-state index in [1.807, 2.05) is 86.1 Å². The number of thiophene rings is 1. The second-order valence-electron chi connectivity index (χ2n) is 7.05. The summed E-state index contributed by atoms with van der Waals surface area (Å²) in [5.41, 5.74) is 1.77. The van der Waals surface area contributed by atoms with Crippen LogP contribution in [0.1, 0.15) is 29.1 Å². The van der Waals surface area contributed by atoms with Gasteiger partial charge in [0.2, 0.25) is 5.78 Å². The van der Waals surface area contributed by atoms with E-state index in [1.165, 1.54) is 11.3 Å². The normalized spacial score (nSPS) is 11.1. The van der Waals surface area contributed by atoms with Crippen molar-refractivity contribution in [1.29, 1.82) is 0 Å². The predicted octanol–water partition coefficient (Wildman–Crippen LogP) is 5.80. The van der Waals surface area contributed by atoms with E-state index < -0.39 is 0 Å². The lowest BCUT2D eigenvalue weighted by Gasteiger charge is -2.11. The highest BCUT2D eigenvalue weighted by Gasteiger charge is 2.17. The van der Waals surface area contributed by atoms with Crippen LogP contribution in [0.5, 0.6) is 11.5 Å². The second-order valence-corrected chi connectivity index (χ2v) is 7.99. The van der Waals surface area contributed by atoms with Crippen LogP contribution in [0.25, 0.3) is 10.9 Å². The summed E-state index contributed by atoms with van der Waals surface area (Å²) in [5.74, 6) is 1.70. The summed E-state index contributed by atoms with van der Waals surface area (Å²) >= 11 is 1.47. The fourth-order valence-electron chi connectivity index (χ4n) is 3.30. The predicted molar refractivity (Wildman–Crippen MR) is 117 cm³/mol. The van der Waals surface area contributed by atoms with Crippen LogP contribution in [0.3, 0.4) is 0 Å². The van der Waals surface area contributed by atoms with Gasteiger partial charge in [-0.2, -0.15) is 0 Å². The average Bonchev–Trinajstić information content (AvgIpc) is 3.37. The van der Waals surface area contributed by atoms with E-state index >= 15 is 0 Å². The minimum absolute atomic E-state index is 0.0663. The molecular formula is C24H23NO3S. The maximum atomic E-state index is 12.9. The minimum Gasteiger partial charge on any atom is -0.492 e. The molecule has 4 rings (SSSR count). The first kappa shape index (κ1) is 19.3. The first-order valence-electron chi connectivity index (χ1n) is 9.67. The second kappa shape index (κ2) is 8.53. The molecule has 0 saturated heterocycles. The van der Waals surface area contributed by atoms with E-state index in [0.717, 1.165) is 32.8 Å². The molecule has 4 nitrogen and oxygen atoms in total. The Labute approximate surface area is 174 Å². The molecular weight excluding hydrogens is 382 g/mol. The Balaban J connectivity index is 1.48. The highest BCUT2D eigenvalue weighted by molar-refractivity contribution is 7.12. The summed E-state index contributed by atoms with van der Waals surface area (Å²) in [6, 6.07) is 19.4. The fraction of sp³-hybridized carbons (Fsp3) is 0.208. The molecule has 0 saturated carbocycles. The first-order chi connectivity index (χ1) is 14.1. The molecule has 5 heteroatoms. The van der Waals surface area contributed by atoms with Gasteiger partial charge in [-0.05, 0) is 55.6 Å². The topological polar surface area (TPSA) is 40.5 Å². The van der Waals surface area contributed by atoms with E-state index in [9.17, 15) is 4.79 Å². The summed E-state index contributed by atoms with van der Waals surface area (Å²) in [6.07, 6.45) is 2.09. The standard InChI is InChI=1S/C24H23NO3S/c1-17(2)28-19-11-9-18(10-12-19)27-14-13-25-16-21(20-6-3-4-7-22(20)25)24(26)23-8-5-15-29-23/h3-12,15-17H,13-14H2,1-2H3. The molecule has 0 atom stereocenters. The van der Waals surface area contributed by atoms with Crippen LogP contribution in [0.2, 0.25) is 0 Å². The van der Waals surface area contributed by atoms with Gasteiger partial charge in [0.1, 0.15) is 18.1 Å². The Morgan fingerprint density at radius 1 is 1.00 bits per heavy atom. The van der Waals surface area contributed by atoms with Crippen molar-refractivity contribution in [2.45, 2.75) is 26.5 Å². The van der Waals surface area contributed by atoms with Gasteiger partial charge in [-0.3, -0.25) is 4.79 Å². The quantitative estimate of drug-likeness (QED) is 0.348. The van der Waals surface area contributed by atoms with Crippen LogP contribution in [0, 0.1) is 0 Å². The van der Waals surface area contributed by atoms with Gasteiger partial charge in [0.05, 0.1) is 17.5 Å². The van der Waals surface area contributed by atoms with Gasteiger partial charge < -0.3 is 14.0 Å². The van der Waals surface area contributed by atoms with Crippen molar-refractivity contribution in [3.8, 4) is 11.5 Å². The van der Waals surface area contributed by atoms with Gasteiger partial charge in [0, 0.05) is 22.7 Å². The molecule has 0 unspecified atom stereocenters. The van der Waals surface area contributed by atoms with Gasteiger partial charge >= 0.3 is 0 Å². The van der Waals surface area contributed by atoms with Gasteiger partial charge in [-0.15, -0.1) is 11.3 Å². The monoisotopic (exact) mass is 405 g/mol. The summed E-state index contributed by atoms with van der Waals surface area (Å²) in [4.78, 5) is 13.6. The Kier molecular flexibility index (Phi) is 5.67. The molecule has 0 aliphatic carbocycles. The van der Waals surface area contributed by atoms with Gasteiger partial charge in [0.25, 0.3) is 0 Å². The zero-order valence-corrected chi connectivity index (χ0v) is 17.3. The Hall–Kier alpha value is -3.05. The van der Waals surface area contributed by atoms with Crippen LogP contribution in [-0.2, 0) is 6.54 Å². The lowest BCUT2D eigenvalue weighted by molar-refractivity contribution is 0.104. The minimum atomic E-state index is 0.0663. The molecule has 4 aromatic rings. The summed E-state index contributed by atoms with van der Waals surface area (Å²) in [7, 11) is 0. The van der Waals surface area contributed by atoms with Crippen molar-refractivity contribution in [3.05, 3.63) is 82.7 Å². The molecule has 2 aromatic carbocycles. The third-order valence-corrected chi connectivity index (χ3v) is 5.44. The number of aromatic nitrogens is 1. The van der Waals surface area contributed by atoms with Crippen LogP contribution in [0.4, 0.5) is 0 Å². The number of hydrogen-bond acceptors (Lipinski definition) is 4. The van der Waals surface area contributed by atoms with Crippen LogP contribution < -0.4 is 9.47 Å². The van der Waals surface area contributed by atoms with Crippen LogP contribution in [0.15, 0.2) is 72.2 Å². The third-order valence-electron chi connectivity index (χ3n) is 4.57. The SMILES string of the molecule is CC(C)Oc1ccc(OCCn2cc(C(=O)c3cccs3)c3ccccc32)cc1. The molecule has 148 valence electrons. The number of benzene rings is 2. The molecule has 2 heterocycles. The van der Waals surface area contributed by atoms with E-state index in [4.69, 9.17) is 9.47 Å². The lowest BCUT2D eigenvalue weighted by atomic mass is 10.1. The highest BCUT2D eigenvalue weighted by Crippen LogP contribution is 2.25. The van der Waals surface area contributed by atoms with Gasteiger partial charge in [-0.25, -0.2) is 0 Å². The number of hydrogen-bond donors (Lipinski definition) is 0. The van der Waals surface area contributed by atoms with Crippen molar-refractivity contribution in [3.63, 3.8) is 0 Å². The number of carbonyl (C=O) groups is 1. The van der Waals surface area contributed by atoms with Crippen molar-refractivity contribution in [2.24, 2.45) is 0 Å². The molecule has 0 aliphatic rings. The fourth-order valence-corrected chi connectivity index (χ4v) is 3.98. The van der Waals surface area contributed by atoms with E-state index in [-0.39, 0.29) is 11.9 Å². The first-order valence-corrected chi connectivity index (χ1v) is 10.6. The average molecular weight is 406 g/mol. The molecule has 2 aromatic heterocycles. The lowest BCUT2D eigenvalue weighted by Crippen LogP contribution is -2.08. The van der Waals surface area contributed by atoms with E-state index in [2.05, 4.69) is 4.57 Å². The Morgan fingerprint density at radius 3 is 2.48 bits per heavy atom. The zero-order valence-electron chi connectivity index (χ0n) is 16.5. The molecule has 29 heavy (non-hydrogen) atoms. The maximum absolute atomic E-state index is 12.9. The number of para-hydroxylation sites is 1. The van der Waals surface area contributed by atoms with Gasteiger partial charge in [0.15, 0.2) is 0 Å². The summed E-state index contributed by atoms with van der Waals surface area (Å²) in [6.45, 7) is 5.17. The molecule has 0 fully saturated rings. The smallest absolute Gasteiger partial charge is 0.205 e. The Morgan fingerprint density at radius 2 is 1.76 bits per heavy atom. The number of fused-ring (bicyclic) bond motifs is 1. The van der Waals surface area contributed by atoms with Crippen molar-refractivity contribution in [1.82, 2.24) is 4.57 Å². The molecule has 0 spiro atoms. The molecule has 0 N–H and O–H groups in total. The number of nitrogens with zero attached hydrogens (tertiary/aromatic N) is 1. The molecule has 0 bridgehead atoms. The van der Waals surface area contributed by atoms with Crippen molar-refractivity contribution < 1.29 is 14.3 Å². The van der Waals surface area contributed by atoms with Crippen LogP contribution in [-0.4, -0.2) is 23.1 Å². The number of carbonyl (C=O) groups excluding carboxylic acids is 1. The largest absolute Gasteiger partial charge is 0.492 e. The van der Waals surface area contributed by atoms with Crippen LogP contribution >= 0.6 is 11.3 Å². The Bertz CT molecular complexity index is 1100. The van der Waals surface area contributed by atoms with E-state index in [0.29, 0.717) is 13.2 Å². The van der Waals surface area contributed by atoms with Crippen molar-refractivity contribution >= 4 is 28.0 Å². The maximum Gasteiger partial charge on any atom is 0.205 e. The number of ketones is 1. The van der Waals surface area contributed by atoms with Gasteiger partial charge in [-0.1, -0.05) is 24.3 Å². The number of rotatable bonds is 8. The van der Waals surface area contributed by atoms with Crippen molar-refractivity contribution in [2.75, 3.05) is 6.61 Å². The molecule has 0 amide bonds.